The zero-order valence-electron chi connectivity index (χ0n) is 10.4. The Balaban J connectivity index is 0.00000133. The fourth-order valence-corrected chi connectivity index (χ4v) is 2.57. The number of rotatable bonds is 1. The smallest absolute Gasteiger partial charge is 0.317 e. The fourth-order valence-electron chi connectivity index (χ4n) is 2.57. The van der Waals surface area contributed by atoms with E-state index >= 15 is 0 Å². The molecule has 3 rings (SSSR count). The molecular formula is C13H16ClN3O2. The highest BCUT2D eigenvalue weighted by molar-refractivity contribution is 5.85. The minimum atomic E-state index is -0.300. The van der Waals surface area contributed by atoms with E-state index in [0.717, 1.165) is 25.9 Å². The van der Waals surface area contributed by atoms with Crippen molar-refractivity contribution < 1.29 is 0 Å². The summed E-state index contributed by atoms with van der Waals surface area (Å²) >= 11 is 0. The number of H-pyrrole nitrogens is 1. The molecular weight excluding hydrogens is 266 g/mol. The summed E-state index contributed by atoms with van der Waals surface area (Å²) in [6.45, 7) is 1.70. The average Bonchev–Trinajstić information content (AvgIpc) is 2.40. The number of hydrogen-bond acceptors (Lipinski definition) is 3. The van der Waals surface area contributed by atoms with Gasteiger partial charge in [0.15, 0.2) is 0 Å². The lowest BCUT2D eigenvalue weighted by Crippen LogP contribution is -2.42. The van der Waals surface area contributed by atoms with Crippen LogP contribution in [-0.4, -0.2) is 22.6 Å². The Morgan fingerprint density at radius 1 is 1.11 bits per heavy atom. The van der Waals surface area contributed by atoms with Crippen molar-refractivity contribution in [1.29, 1.82) is 0 Å². The summed E-state index contributed by atoms with van der Waals surface area (Å²) in [6.07, 6.45) is 1.64. The van der Waals surface area contributed by atoms with Gasteiger partial charge in [0.05, 0.1) is 10.9 Å². The van der Waals surface area contributed by atoms with Crippen molar-refractivity contribution in [1.82, 2.24) is 14.9 Å². The third kappa shape index (κ3) is 2.43. The lowest BCUT2D eigenvalue weighted by Gasteiger charge is -2.23. The SMILES string of the molecule is Cl.O=c1[nH]c2ccccc2c(=O)n1C1CCNCC1. The van der Waals surface area contributed by atoms with Gasteiger partial charge in [-0.15, -0.1) is 12.4 Å². The molecule has 2 heterocycles. The maximum absolute atomic E-state index is 12.4. The summed E-state index contributed by atoms with van der Waals surface area (Å²) in [6, 6.07) is 7.14. The predicted molar refractivity (Wildman–Crippen MR) is 77.2 cm³/mol. The van der Waals surface area contributed by atoms with Crippen LogP contribution in [0, 0.1) is 0 Å². The first kappa shape index (κ1) is 13.8. The van der Waals surface area contributed by atoms with Crippen LogP contribution in [0.25, 0.3) is 10.9 Å². The summed E-state index contributed by atoms with van der Waals surface area (Å²) in [5, 5.41) is 3.81. The van der Waals surface area contributed by atoms with Crippen molar-refractivity contribution >= 4 is 23.3 Å². The molecule has 1 saturated heterocycles. The second kappa shape index (κ2) is 5.59. The zero-order chi connectivity index (χ0) is 12.5. The van der Waals surface area contributed by atoms with Gasteiger partial charge >= 0.3 is 5.69 Å². The van der Waals surface area contributed by atoms with E-state index in [-0.39, 0.29) is 29.7 Å². The van der Waals surface area contributed by atoms with Crippen LogP contribution < -0.4 is 16.6 Å². The van der Waals surface area contributed by atoms with Crippen LogP contribution in [0.3, 0.4) is 0 Å². The molecule has 102 valence electrons. The second-order valence-electron chi connectivity index (χ2n) is 4.63. The monoisotopic (exact) mass is 281 g/mol. The maximum atomic E-state index is 12.4. The molecule has 0 saturated carbocycles. The van der Waals surface area contributed by atoms with Gasteiger partial charge in [0, 0.05) is 6.04 Å². The van der Waals surface area contributed by atoms with E-state index in [1.807, 2.05) is 12.1 Å². The van der Waals surface area contributed by atoms with E-state index in [9.17, 15) is 9.59 Å². The molecule has 2 aromatic rings. The Bertz CT molecular complexity index is 686. The Morgan fingerprint density at radius 2 is 1.79 bits per heavy atom. The zero-order valence-corrected chi connectivity index (χ0v) is 11.2. The van der Waals surface area contributed by atoms with E-state index in [1.165, 1.54) is 4.57 Å². The van der Waals surface area contributed by atoms with Crippen molar-refractivity contribution in [2.24, 2.45) is 0 Å². The molecule has 2 N–H and O–H groups in total. The van der Waals surface area contributed by atoms with Crippen molar-refractivity contribution in [3.05, 3.63) is 45.1 Å². The van der Waals surface area contributed by atoms with E-state index < -0.39 is 0 Å². The first-order chi connectivity index (χ1) is 8.77. The van der Waals surface area contributed by atoms with Crippen LogP contribution >= 0.6 is 12.4 Å². The first-order valence-corrected chi connectivity index (χ1v) is 6.21. The van der Waals surface area contributed by atoms with Crippen LogP contribution in [0.1, 0.15) is 18.9 Å². The maximum Gasteiger partial charge on any atom is 0.329 e. The Morgan fingerprint density at radius 3 is 2.53 bits per heavy atom. The van der Waals surface area contributed by atoms with Crippen LogP contribution in [-0.2, 0) is 0 Å². The predicted octanol–water partition coefficient (Wildman–Crippen LogP) is 1.04. The molecule has 0 bridgehead atoms. The highest BCUT2D eigenvalue weighted by Crippen LogP contribution is 2.15. The quantitative estimate of drug-likeness (QED) is 0.821. The van der Waals surface area contributed by atoms with Crippen molar-refractivity contribution in [2.75, 3.05) is 13.1 Å². The molecule has 0 spiro atoms. The molecule has 0 amide bonds. The van der Waals surface area contributed by atoms with Gasteiger partial charge in [-0.05, 0) is 38.1 Å². The number of nitrogens with zero attached hydrogens (tertiary/aromatic N) is 1. The van der Waals surface area contributed by atoms with Gasteiger partial charge in [-0.1, -0.05) is 12.1 Å². The Labute approximate surface area is 116 Å². The average molecular weight is 282 g/mol. The Hall–Kier alpha value is -1.59. The molecule has 1 aliphatic heterocycles. The number of fused-ring (bicyclic) bond motifs is 1. The van der Waals surface area contributed by atoms with Gasteiger partial charge < -0.3 is 10.3 Å². The molecule has 0 radical (unpaired) electrons. The minimum absolute atomic E-state index is 0. The number of nitrogens with one attached hydrogen (secondary N) is 2. The summed E-state index contributed by atoms with van der Waals surface area (Å²) in [4.78, 5) is 27.2. The number of piperidine rings is 1. The summed E-state index contributed by atoms with van der Waals surface area (Å²) in [5.74, 6) is 0. The van der Waals surface area contributed by atoms with Gasteiger partial charge in [-0.25, -0.2) is 4.79 Å². The number of aromatic nitrogens is 2. The number of benzene rings is 1. The van der Waals surface area contributed by atoms with E-state index in [1.54, 1.807) is 12.1 Å². The summed E-state index contributed by atoms with van der Waals surface area (Å²) < 4.78 is 1.38. The molecule has 0 atom stereocenters. The molecule has 1 aromatic carbocycles. The standard InChI is InChI=1S/C13H15N3O2.ClH/c17-12-10-3-1-2-4-11(10)15-13(18)16(12)9-5-7-14-8-6-9;/h1-4,9,14H,5-8H2,(H,15,18);1H. The second-order valence-corrected chi connectivity index (χ2v) is 4.63. The molecule has 6 heteroatoms. The molecule has 19 heavy (non-hydrogen) atoms. The normalized spacial score (nSPS) is 16.2. The lowest BCUT2D eigenvalue weighted by molar-refractivity contribution is 0.352. The first-order valence-electron chi connectivity index (χ1n) is 6.21. The molecule has 0 aliphatic carbocycles. The van der Waals surface area contributed by atoms with Crippen LogP contribution in [0.15, 0.2) is 33.9 Å². The lowest BCUT2D eigenvalue weighted by atomic mass is 10.1. The van der Waals surface area contributed by atoms with Gasteiger partial charge in [-0.3, -0.25) is 9.36 Å². The highest BCUT2D eigenvalue weighted by Gasteiger charge is 2.19. The summed E-state index contributed by atoms with van der Waals surface area (Å²) in [5.41, 5.74) is 0.129. The minimum Gasteiger partial charge on any atom is -0.317 e. The number of hydrogen-bond donors (Lipinski definition) is 2. The number of aromatic amines is 1. The molecule has 1 aliphatic rings. The molecule has 1 aromatic heterocycles. The Kier molecular flexibility index (Phi) is 4.07. The summed E-state index contributed by atoms with van der Waals surface area (Å²) in [7, 11) is 0. The largest absolute Gasteiger partial charge is 0.329 e. The highest BCUT2D eigenvalue weighted by atomic mass is 35.5. The third-order valence-electron chi connectivity index (χ3n) is 3.51. The van der Waals surface area contributed by atoms with Crippen LogP contribution in [0.4, 0.5) is 0 Å². The van der Waals surface area contributed by atoms with E-state index in [2.05, 4.69) is 10.3 Å². The van der Waals surface area contributed by atoms with Gasteiger partial charge in [-0.2, -0.15) is 0 Å². The molecule has 1 fully saturated rings. The number of halogens is 1. The van der Waals surface area contributed by atoms with E-state index in [0.29, 0.717) is 10.9 Å². The van der Waals surface area contributed by atoms with Crippen molar-refractivity contribution in [2.45, 2.75) is 18.9 Å². The van der Waals surface area contributed by atoms with Crippen LogP contribution in [0.5, 0.6) is 0 Å². The van der Waals surface area contributed by atoms with Gasteiger partial charge in [0.25, 0.3) is 5.56 Å². The van der Waals surface area contributed by atoms with Gasteiger partial charge in [0.2, 0.25) is 0 Å². The molecule has 0 unspecified atom stereocenters. The topological polar surface area (TPSA) is 66.9 Å². The van der Waals surface area contributed by atoms with E-state index in [4.69, 9.17) is 0 Å². The van der Waals surface area contributed by atoms with Crippen molar-refractivity contribution in [3.63, 3.8) is 0 Å². The van der Waals surface area contributed by atoms with Crippen LogP contribution in [0.2, 0.25) is 0 Å². The molecule has 5 nitrogen and oxygen atoms in total. The number of para-hydroxylation sites is 1. The van der Waals surface area contributed by atoms with Gasteiger partial charge in [0.1, 0.15) is 0 Å². The van der Waals surface area contributed by atoms with Crippen molar-refractivity contribution in [3.8, 4) is 0 Å². The third-order valence-corrected chi connectivity index (χ3v) is 3.51. The fraction of sp³-hybridized carbons (Fsp3) is 0.385.